The highest BCUT2D eigenvalue weighted by atomic mass is 35.5. The topological polar surface area (TPSA) is 113 Å². The number of carbonyl (C=O) groups excluding carboxylic acids is 1. The Morgan fingerprint density at radius 3 is 2.56 bits per heavy atom. The SMILES string of the molecule is COC(=O)C1=C(C)N=c2sc(=Cc3cccc(Oc4ccccc4)c3)c(=O)n2C1c1ccc(Cl)c([N+](=O)[O-])c1. The van der Waals surface area contributed by atoms with Gasteiger partial charge in [-0.3, -0.25) is 19.5 Å². The van der Waals surface area contributed by atoms with Crippen molar-refractivity contribution in [1.82, 2.24) is 4.57 Å². The van der Waals surface area contributed by atoms with E-state index in [-0.39, 0.29) is 16.3 Å². The van der Waals surface area contributed by atoms with Crippen molar-refractivity contribution >= 4 is 40.7 Å². The van der Waals surface area contributed by atoms with Crippen LogP contribution >= 0.6 is 22.9 Å². The Hall–Kier alpha value is -4.54. The fourth-order valence-corrected chi connectivity index (χ4v) is 5.52. The molecule has 2 heterocycles. The number of rotatable bonds is 6. The van der Waals surface area contributed by atoms with Crippen LogP contribution in [0.3, 0.4) is 0 Å². The van der Waals surface area contributed by atoms with E-state index in [0.717, 1.165) is 16.9 Å². The minimum Gasteiger partial charge on any atom is -0.466 e. The number of fused-ring (bicyclic) bond motifs is 1. The van der Waals surface area contributed by atoms with Crippen LogP contribution in [0, 0.1) is 10.1 Å². The van der Waals surface area contributed by atoms with Crippen molar-refractivity contribution < 1.29 is 19.2 Å². The average Bonchev–Trinajstić information content (AvgIpc) is 3.22. The first kappa shape index (κ1) is 26.1. The lowest BCUT2D eigenvalue weighted by Crippen LogP contribution is -2.39. The summed E-state index contributed by atoms with van der Waals surface area (Å²) in [6.45, 7) is 1.63. The van der Waals surface area contributed by atoms with Crippen molar-refractivity contribution in [2.75, 3.05) is 7.11 Å². The van der Waals surface area contributed by atoms with E-state index in [4.69, 9.17) is 21.1 Å². The highest BCUT2D eigenvalue weighted by molar-refractivity contribution is 7.07. The highest BCUT2D eigenvalue weighted by Gasteiger charge is 2.34. The maximum atomic E-state index is 13.7. The van der Waals surface area contributed by atoms with Crippen molar-refractivity contribution in [3.63, 3.8) is 0 Å². The molecular formula is C28H20ClN3O6S. The van der Waals surface area contributed by atoms with Crippen LogP contribution in [-0.2, 0) is 9.53 Å². The normalized spacial score (nSPS) is 14.9. The number of benzene rings is 3. The number of hydrogen-bond donors (Lipinski definition) is 0. The van der Waals surface area contributed by atoms with Crippen LogP contribution in [0.5, 0.6) is 11.5 Å². The smallest absolute Gasteiger partial charge is 0.338 e. The zero-order chi connectivity index (χ0) is 27.7. The Morgan fingerprint density at radius 2 is 1.85 bits per heavy atom. The maximum absolute atomic E-state index is 13.7. The summed E-state index contributed by atoms with van der Waals surface area (Å²) in [4.78, 5) is 42.4. The van der Waals surface area contributed by atoms with Crippen molar-refractivity contribution in [3.05, 3.63) is 130 Å². The summed E-state index contributed by atoms with van der Waals surface area (Å²) >= 11 is 7.17. The Balaban J connectivity index is 1.65. The average molecular weight is 562 g/mol. The molecule has 11 heteroatoms. The number of esters is 1. The molecule has 39 heavy (non-hydrogen) atoms. The summed E-state index contributed by atoms with van der Waals surface area (Å²) < 4.78 is 12.6. The molecule has 1 atom stereocenters. The third-order valence-electron chi connectivity index (χ3n) is 6.04. The molecule has 0 N–H and O–H groups in total. The molecule has 9 nitrogen and oxygen atoms in total. The van der Waals surface area contributed by atoms with Gasteiger partial charge in [-0.25, -0.2) is 9.79 Å². The third kappa shape index (κ3) is 5.12. The van der Waals surface area contributed by atoms with E-state index >= 15 is 0 Å². The second-order valence-electron chi connectivity index (χ2n) is 8.53. The van der Waals surface area contributed by atoms with Crippen molar-refractivity contribution in [3.8, 4) is 11.5 Å². The number of thiazole rings is 1. The van der Waals surface area contributed by atoms with E-state index in [1.54, 1.807) is 25.1 Å². The van der Waals surface area contributed by atoms with Gasteiger partial charge < -0.3 is 9.47 Å². The largest absolute Gasteiger partial charge is 0.466 e. The van der Waals surface area contributed by atoms with Crippen LogP contribution in [0.25, 0.3) is 6.08 Å². The summed E-state index contributed by atoms with van der Waals surface area (Å²) in [6, 6.07) is 19.8. The van der Waals surface area contributed by atoms with E-state index in [1.807, 2.05) is 48.5 Å². The van der Waals surface area contributed by atoms with Crippen LogP contribution in [0.4, 0.5) is 5.69 Å². The molecule has 0 spiro atoms. The fraction of sp³-hybridized carbons (Fsp3) is 0.107. The van der Waals surface area contributed by atoms with Gasteiger partial charge in [-0.1, -0.05) is 59.3 Å². The zero-order valence-electron chi connectivity index (χ0n) is 20.7. The number of methoxy groups -OCH3 is 1. The quantitative estimate of drug-likeness (QED) is 0.190. The summed E-state index contributed by atoms with van der Waals surface area (Å²) in [5, 5.41) is 11.5. The second-order valence-corrected chi connectivity index (χ2v) is 9.95. The summed E-state index contributed by atoms with van der Waals surface area (Å²) in [5.41, 5.74) is 0.736. The van der Waals surface area contributed by atoms with E-state index in [9.17, 15) is 19.7 Å². The molecule has 1 aliphatic rings. The molecule has 0 amide bonds. The molecular weight excluding hydrogens is 542 g/mol. The van der Waals surface area contributed by atoms with Crippen LogP contribution in [0.15, 0.2) is 93.9 Å². The second kappa shape index (κ2) is 10.7. The first-order valence-corrected chi connectivity index (χ1v) is 12.8. The molecule has 1 unspecified atom stereocenters. The van der Waals surface area contributed by atoms with Gasteiger partial charge in [-0.2, -0.15) is 0 Å². The van der Waals surface area contributed by atoms with Gasteiger partial charge in [0.25, 0.3) is 11.2 Å². The lowest BCUT2D eigenvalue weighted by atomic mass is 9.95. The molecule has 0 radical (unpaired) electrons. The Bertz CT molecular complexity index is 1830. The van der Waals surface area contributed by atoms with Gasteiger partial charge in [-0.15, -0.1) is 0 Å². The van der Waals surface area contributed by atoms with E-state index in [1.165, 1.54) is 23.8 Å². The molecule has 4 aromatic rings. The number of para-hydroxylation sites is 1. The van der Waals surface area contributed by atoms with Crippen molar-refractivity contribution in [2.24, 2.45) is 4.99 Å². The predicted octanol–water partition coefficient (Wildman–Crippen LogP) is 4.76. The van der Waals surface area contributed by atoms with E-state index < -0.39 is 22.5 Å². The Morgan fingerprint density at radius 1 is 1.10 bits per heavy atom. The van der Waals surface area contributed by atoms with Gasteiger partial charge in [0, 0.05) is 6.07 Å². The van der Waals surface area contributed by atoms with Gasteiger partial charge in [0.05, 0.1) is 33.9 Å². The minimum absolute atomic E-state index is 0.0610. The number of nitro benzene ring substituents is 1. The van der Waals surface area contributed by atoms with Gasteiger partial charge in [0.2, 0.25) is 0 Å². The molecule has 0 bridgehead atoms. The summed E-state index contributed by atoms with van der Waals surface area (Å²) in [7, 11) is 1.22. The number of ether oxygens (including phenoxy) is 2. The zero-order valence-corrected chi connectivity index (χ0v) is 22.2. The van der Waals surface area contributed by atoms with E-state index in [2.05, 4.69) is 4.99 Å². The molecule has 3 aromatic carbocycles. The van der Waals surface area contributed by atoms with E-state index in [0.29, 0.717) is 32.1 Å². The molecule has 196 valence electrons. The Kier molecular flexibility index (Phi) is 7.14. The summed E-state index contributed by atoms with van der Waals surface area (Å²) in [5.74, 6) is 0.577. The van der Waals surface area contributed by atoms with Gasteiger partial charge in [-0.05, 0) is 54.5 Å². The fourth-order valence-electron chi connectivity index (χ4n) is 4.29. The molecule has 0 aliphatic carbocycles. The van der Waals surface area contributed by atoms with Crippen molar-refractivity contribution in [2.45, 2.75) is 13.0 Å². The van der Waals surface area contributed by atoms with Gasteiger partial charge >= 0.3 is 5.97 Å². The number of nitrogens with zero attached hydrogens (tertiary/aromatic N) is 3. The van der Waals surface area contributed by atoms with Crippen LogP contribution in [0.2, 0.25) is 5.02 Å². The molecule has 0 fully saturated rings. The summed E-state index contributed by atoms with van der Waals surface area (Å²) in [6.07, 6.45) is 1.71. The van der Waals surface area contributed by atoms with Crippen LogP contribution < -0.4 is 19.6 Å². The monoisotopic (exact) mass is 561 g/mol. The number of nitro groups is 1. The van der Waals surface area contributed by atoms with Crippen molar-refractivity contribution in [1.29, 1.82) is 0 Å². The van der Waals surface area contributed by atoms with Crippen LogP contribution in [0.1, 0.15) is 24.1 Å². The Labute approximate surface area is 230 Å². The number of carbonyl (C=O) groups is 1. The van der Waals surface area contributed by atoms with Gasteiger partial charge in [0.15, 0.2) is 4.80 Å². The molecule has 0 saturated carbocycles. The molecule has 1 aliphatic heterocycles. The standard InChI is InChI=1S/C28H20ClN3O6S/c1-16-24(27(34)37-2)25(18-11-12-21(29)22(15-18)32(35)36)31-26(33)23(39-28(31)30-16)14-17-7-6-10-20(13-17)38-19-8-4-3-5-9-19/h3-15,25H,1-2H3. The van der Waals surface area contributed by atoms with Crippen LogP contribution in [-0.4, -0.2) is 22.6 Å². The number of halogens is 1. The first-order chi connectivity index (χ1) is 18.8. The number of hydrogen-bond acceptors (Lipinski definition) is 8. The first-order valence-electron chi connectivity index (χ1n) is 11.6. The number of allylic oxidation sites excluding steroid dienone is 1. The number of aromatic nitrogens is 1. The lowest BCUT2D eigenvalue weighted by molar-refractivity contribution is -0.384. The molecule has 0 saturated heterocycles. The highest BCUT2D eigenvalue weighted by Crippen LogP contribution is 2.34. The maximum Gasteiger partial charge on any atom is 0.338 e. The minimum atomic E-state index is -1.00. The van der Waals surface area contributed by atoms with Gasteiger partial charge in [0.1, 0.15) is 16.5 Å². The predicted molar refractivity (Wildman–Crippen MR) is 147 cm³/mol. The molecule has 5 rings (SSSR count). The lowest BCUT2D eigenvalue weighted by Gasteiger charge is -2.24. The molecule has 1 aromatic heterocycles. The third-order valence-corrected chi connectivity index (χ3v) is 7.35.